The second kappa shape index (κ2) is 15.9. The molecule has 13 nitrogen and oxygen atoms in total. The zero-order chi connectivity index (χ0) is 34.1. The predicted octanol–water partition coefficient (Wildman–Crippen LogP) is 3.46. The third-order valence-electron chi connectivity index (χ3n) is 7.65. The number of aromatic nitrogens is 1. The zero-order valence-corrected chi connectivity index (χ0v) is 26.6. The van der Waals surface area contributed by atoms with Crippen LogP contribution in [0.3, 0.4) is 0 Å². The van der Waals surface area contributed by atoms with E-state index in [-0.39, 0.29) is 24.3 Å². The summed E-state index contributed by atoms with van der Waals surface area (Å²) in [6.45, 7) is 2.78. The number of esters is 1. The number of carbonyl (C=O) groups is 4. The van der Waals surface area contributed by atoms with E-state index in [0.717, 1.165) is 25.9 Å². The first-order valence-electron chi connectivity index (χ1n) is 14.9. The molecule has 0 spiro atoms. The highest BCUT2D eigenvalue weighted by Gasteiger charge is 2.25. The molecule has 2 aromatic carbocycles. The highest BCUT2D eigenvalue weighted by atomic mass is 35.5. The molecular weight excluding hydrogens is 630 g/mol. The average molecular weight is 664 g/mol. The summed E-state index contributed by atoms with van der Waals surface area (Å²) in [5, 5.41) is 24.5. The van der Waals surface area contributed by atoms with E-state index in [1.165, 1.54) is 48.2 Å². The number of nitrogens with zero attached hydrogens (tertiary/aromatic N) is 3. The van der Waals surface area contributed by atoms with Gasteiger partial charge in [-0.1, -0.05) is 18.5 Å². The van der Waals surface area contributed by atoms with Crippen LogP contribution in [0, 0.1) is 11.3 Å². The first kappa shape index (κ1) is 34.7. The number of halogens is 1. The Kier molecular flexibility index (Phi) is 11.7. The smallest absolute Gasteiger partial charge is 0.338 e. The molecule has 1 unspecified atom stereocenters. The molecule has 0 bridgehead atoms. The van der Waals surface area contributed by atoms with Crippen LogP contribution in [-0.4, -0.2) is 77.7 Å². The van der Waals surface area contributed by atoms with Gasteiger partial charge in [-0.2, -0.15) is 5.26 Å². The second-order valence-electron chi connectivity index (χ2n) is 10.8. The van der Waals surface area contributed by atoms with Crippen molar-refractivity contribution in [3.8, 4) is 22.9 Å². The van der Waals surface area contributed by atoms with Crippen molar-refractivity contribution in [1.82, 2.24) is 14.8 Å². The van der Waals surface area contributed by atoms with Crippen molar-refractivity contribution < 1.29 is 33.8 Å². The van der Waals surface area contributed by atoms with Gasteiger partial charge in [0.15, 0.2) is 6.04 Å². The van der Waals surface area contributed by atoms with E-state index in [2.05, 4.69) is 16.7 Å². The quantitative estimate of drug-likeness (QED) is 0.229. The van der Waals surface area contributed by atoms with Crippen molar-refractivity contribution in [3.63, 3.8) is 0 Å². The van der Waals surface area contributed by atoms with E-state index in [4.69, 9.17) is 21.1 Å². The molecule has 1 saturated heterocycles. The third kappa shape index (κ3) is 8.75. The first-order chi connectivity index (χ1) is 22.5. The summed E-state index contributed by atoms with van der Waals surface area (Å²) < 4.78 is 11.9. The van der Waals surface area contributed by atoms with Gasteiger partial charge >= 0.3 is 11.9 Å². The van der Waals surface area contributed by atoms with E-state index in [1.807, 2.05) is 4.90 Å². The fourth-order valence-corrected chi connectivity index (χ4v) is 5.38. The third-order valence-corrected chi connectivity index (χ3v) is 7.88. The second-order valence-corrected chi connectivity index (χ2v) is 11.3. The van der Waals surface area contributed by atoms with Crippen LogP contribution < -0.4 is 20.9 Å². The Morgan fingerprint density at radius 3 is 2.38 bits per heavy atom. The molecular formula is C33H34ClN5O8. The molecule has 246 valence electrons. The van der Waals surface area contributed by atoms with Gasteiger partial charge in [0, 0.05) is 27.9 Å². The van der Waals surface area contributed by atoms with Crippen molar-refractivity contribution in [1.29, 1.82) is 5.26 Å². The van der Waals surface area contributed by atoms with E-state index in [9.17, 15) is 34.3 Å². The topological polar surface area (TPSA) is 180 Å². The Bertz CT molecular complexity index is 1750. The molecule has 2 amide bonds. The molecule has 3 aromatic rings. The van der Waals surface area contributed by atoms with E-state index in [1.54, 1.807) is 25.1 Å². The van der Waals surface area contributed by atoms with Crippen LogP contribution >= 0.6 is 11.6 Å². The monoisotopic (exact) mass is 663 g/mol. The minimum Gasteiger partial charge on any atom is -0.495 e. The standard InChI is InChI=1S/C33H34ClN5O8/c1-3-27(39-17-28(46-2)25(15-30(39)41)24-14-22(34)9-6-21(24)16-35)31(42)36-23-10-7-20(8-11-23)33(45)47-19-26(32(43)44)37-29(40)18-38-12-4-5-13-38/h6-11,14-15,17,26-27H,3-5,12-13,18-19H2,1-2H3,(H,36,42)(H,37,40)(H,43,44)/t26-,27?/m0/s1. The van der Waals surface area contributed by atoms with Crippen LogP contribution in [0.15, 0.2) is 59.5 Å². The fourth-order valence-electron chi connectivity index (χ4n) is 5.21. The number of benzene rings is 2. The van der Waals surface area contributed by atoms with Gasteiger partial charge in [0.25, 0.3) is 5.56 Å². The minimum atomic E-state index is -1.41. The van der Waals surface area contributed by atoms with Crippen LogP contribution in [0.25, 0.3) is 11.1 Å². The Balaban J connectivity index is 1.41. The summed E-state index contributed by atoms with van der Waals surface area (Å²) in [6, 6.07) is 11.4. The number of nitrogens with one attached hydrogen (secondary N) is 2. The lowest BCUT2D eigenvalue weighted by molar-refractivity contribution is -0.143. The largest absolute Gasteiger partial charge is 0.495 e. The molecule has 1 aromatic heterocycles. The number of ether oxygens (including phenoxy) is 2. The number of carbonyl (C=O) groups excluding carboxylic acids is 3. The number of aliphatic carboxylic acids is 1. The minimum absolute atomic E-state index is 0.0729. The number of likely N-dealkylation sites (tertiary alicyclic amines) is 1. The van der Waals surface area contributed by atoms with Crippen LogP contribution in [-0.2, 0) is 19.1 Å². The number of nitriles is 1. The van der Waals surface area contributed by atoms with Gasteiger partial charge in [0.1, 0.15) is 18.4 Å². The normalized spacial score (nSPS) is 14.0. The Labute approximate surface area is 275 Å². The highest BCUT2D eigenvalue weighted by Crippen LogP contribution is 2.33. The van der Waals surface area contributed by atoms with Crippen LogP contribution in [0.1, 0.15) is 48.1 Å². The molecule has 2 heterocycles. The molecule has 0 saturated carbocycles. The van der Waals surface area contributed by atoms with E-state index < -0.39 is 48.0 Å². The van der Waals surface area contributed by atoms with Crippen LogP contribution in [0.2, 0.25) is 5.02 Å². The lowest BCUT2D eigenvalue weighted by atomic mass is 10.00. The van der Waals surface area contributed by atoms with E-state index >= 15 is 0 Å². The van der Waals surface area contributed by atoms with Crippen LogP contribution in [0.5, 0.6) is 5.75 Å². The van der Waals surface area contributed by atoms with Crippen molar-refractivity contribution in [2.45, 2.75) is 38.3 Å². The molecule has 1 fully saturated rings. The SMILES string of the molecule is CCC(C(=O)Nc1ccc(C(=O)OC[C@H](NC(=O)CN2CCCC2)C(=O)O)cc1)n1cc(OC)c(-c2cc(Cl)ccc2C#N)cc1=O. The molecule has 0 aliphatic carbocycles. The summed E-state index contributed by atoms with van der Waals surface area (Å²) in [7, 11) is 1.41. The first-order valence-corrected chi connectivity index (χ1v) is 15.2. The Morgan fingerprint density at radius 2 is 1.77 bits per heavy atom. The number of anilines is 1. The number of hydrogen-bond acceptors (Lipinski definition) is 9. The molecule has 1 aliphatic rings. The van der Waals surface area contributed by atoms with Gasteiger partial charge in [-0.3, -0.25) is 23.9 Å². The fraction of sp³-hybridized carbons (Fsp3) is 0.333. The number of carboxylic acids is 1. The molecule has 1 aliphatic heterocycles. The molecule has 2 atom stereocenters. The number of rotatable bonds is 13. The van der Waals surface area contributed by atoms with Gasteiger partial charge in [-0.15, -0.1) is 0 Å². The highest BCUT2D eigenvalue weighted by molar-refractivity contribution is 6.31. The van der Waals surface area contributed by atoms with Gasteiger partial charge in [0.2, 0.25) is 11.8 Å². The molecule has 0 radical (unpaired) electrons. The van der Waals surface area contributed by atoms with Gasteiger partial charge in [-0.05, 0) is 74.8 Å². The van der Waals surface area contributed by atoms with Crippen LogP contribution in [0.4, 0.5) is 5.69 Å². The van der Waals surface area contributed by atoms with Gasteiger partial charge < -0.3 is 25.2 Å². The molecule has 3 N–H and O–H groups in total. The maximum absolute atomic E-state index is 13.3. The lowest BCUT2D eigenvalue weighted by Gasteiger charge is -2.20. The van der Waals surface area contributed by atoms with Crippen molar-refractivity contribution >= 4 is 41.0 Å². The Morgan fingerprint density at radius 1 is 1.06 bits per heavy atom. The summed E-state index contributed by atoms with van der Waals surface area (Å²) in [6.07, 6.45) is 3.62. The molecule has 47 heavy (non-hydrogen) atoms. The number of amides is 2. The summed E-state index contributed by atoms with van der Waals surface area (Å²) in [5.41, 5.74) is 0.983. The summed E-state index contributed by atoms with van der Waals surface area (Å²) in [4.78, 5) is 64.9. The maximum atomic E-state index is 13.3. The molecule has 4 rings (SSSR count). The van der Waals surface area contributed by atoms with Crippen molar-refractivity contribution in [2.24, 2.45) is 0 Å². The zero-order valence-electron chi connectivity index (χ0n) is 25.8. The predicted molar refractivity (Wildman–Crippen MR) is 172 cm³/mol. The van der Waals surface area contributed by atoms with Gasteiger partial charge in [0.05, 0.1) is 37.0 Å². The maximum Gasteiger partial charge on any atom is 0.338 e. The number of pyridine rings is 1. The number of methoxy groups -OCH3 is 1. The van der Waals surface area contributed by atoms with Crippen molar-refractivity contribution in [2.75, 3.05) is 38.7 Å². The van der Waals surface area contributed by atoms with Crippen molar-refractivity contribution in [3.05, 3.63) is 81.2 Å². The molecule has 14 heteroatoms. The summed E-state index contributed by atoms with van der Waals surface area (Å²) >= 11 is 6.14. The van der Waals surface area contributed by atoms with E-state index in [0.29, 0.717) is 27.4 Å². The summed E-state index contributed by atoms with van der Waals surface area (Å²) in [5.74, 6) is -2.86. The number of hydrogen-bond donors (Lipinski definition) is 3. The Hall–Kier alpha value is -5.19. The number of carboxylic acid groups (broad SMARTS) is 1. The van der Waals surface area contributed by atoms with Gasteiger partial charge in [-0.25, -0.2) is 9.59 Å². The lowest BCUT2D eigenvalue weighted by Crippen LogP contribution is -2.47. The average Bonchev–Trinajstić information content (AvgIpc) is 3.56.